The summed E-state index contributed by atoms with van der Waals surface area (Å²) in [7, 11) is 0. The van der Waals surface area contributed by atoms with E-state index >= 15 is 0 Å². The monoisotopic (exact) mass is 241 g/mol. The summed E-state index contributed by atoms with van der Waals surface area (Å²) in [6.07, 6.45) is -0.954. The van der Waals surface area contributed by atoms with Gasteiger partial charge < -0.3 is 10.8 Å². The van der Waals surface area contributed by atoms with E-state index in [0.717, 1.165) is 0 Å². The van der Waals surface area contributed by atoms with Gasteiger partial charge in [0, 0.05) is 11.3 Å². The van der Waals surface area contributed by atoms with Gasteiger partial charge in [0.05, 0.1) is 0 Å². The van der Waals surface area contributed by atoms with Gasteiger partial charge in [-0.15, -0.1) is 0 Å². The molecule has 1 atom stereocenters. The molecule has 2 rings (SSSR count). The van der Waals surface area contributed by atoms with E-state index in [1.165, 1.54) is 24.3 Å². The summed E-state index contributed by atoms with van der Waals surface area (Å²) in [4.78, 5) is 0. The van der Waals surface area contributed by atoms with Gasteiger partial charge in [0.2, 0.25) is 0 Å². The maximum absolute atomic E-state index is 12.7. The second-order valence-corrected chi connectivity index (χ2v) is 3.81. The highest BCUT2D eigenvalue weighted by Gasteiger charge is 2.03. The van der Waals surface area contributed by atoms with Crippen molar-refractivity contribution < 1.29 is 9.50 Å². The fourth-order valence-electron chi connectivity index (χ4n) is 1.49. The van der Waals surface area contributed by atoms with Crippen LogP contribution in [-0.2, 0) is 0 Å². The molecule has 2 nitrogen and oxygen atoms in total. The highest BCUT2D eigenvalue weighted by Crippen LogP contribution is 2.14. The summed E-state index contributed by atoms with van der Waals surface area (Å²) in [6.45, 7) is 0. The highest BCUT2D eigenvalue weighted by atomic mass is 19.1. The van der Waals surface area contributed by atoms with Crippen LogP contribution in [0.5, 0.6) is 0 Å². The van der Waals surface area contributed by atoms with E-state index in [0.29, 0.717) is 16.8 Å². The molecule has 2 aromatic carbocycles. The maximum atomic E-state index is 12.7. The van der Waals surface area contributed by atoms with Crippen molar-refractivity contribution in [2.45, 2.75) is 6.10 Å². The number of para-hydroxylation sites is 1. The Morgan fingerprint density at radius 3 is 2.39 bits per heavy atom. The summed E-state index contributed by atoms with van der Waals surface area (Å²) in [6, 6.07) is 12.7. The molecule has 0 radical (unpaired) electrons. The van der Waals surface area contributed by atoms with Crippen LogP contribution < -0.4 is 5.73 Å². The Kier molecular flexibility index (Phi) is 3.61. The zero-order valence-corrected chi connectivity index (χ0v) is 9.60. The quantitative estimate of drug-likeness (QED) is 0.595. The first-order valence-corrected chi connectivity index (χ1v) is 5.46. The zero-order valence-electron chi connectivity index (χ0n) is 9.60. The van der Waals surface area contributed by atoms with Crippen LogP contribution in [0.3, 0.4) is 0 Å². The van der Waals surface area contributed by atoms with Gasteiger partial charge in [-0.1, -0.05) is 36.1 Å². The normalized spacial score (nSPS) is 11.4. The van der Waals surface area contributed by atoms with Gasteiger partial charge in [-0.2, -0.15) is 0 Å². The predicted octanol–water partition coefficient (Wildman–Crippen LogP) is 2.49. The molecule has 0 aliphatic carbocycles. The number of halogens is 1. The van der Waals surface area contributed by atoms with Crippen LogP contribution in [0.25, 0.3) is 0 Å². The van der Waals surface area contributed by atoms with E-state index in [4.69, 9.17) is 5.73 Å². The third-order valence-corrected chi connectivity index (χ3v) is 2.49. The van der Waals surface area contributed by atoms with Gasteiger partial charge >= 0.3 is 0 Å². The van der Waals surface area contributed by atoms with E-state index in [1.807, 2.05) is 12.1 Å². The second kappa shape index (κ2) is 5.35. The minimum atomic E-state index is -0.954. The molecule has 0 amide bonds. The Balaban J connectivity index is 2.20. The summed E-state index contributed by atoms with van der Waals surface area (Å²) in [5.74, 6) is 5.14. The molecule has 1 unspecified atom stereocenters. The molecular formula is C15H12FNO. The van der Waals surface area contributed by atoms with Crippen molar-refractivity contribution in [3.05, 3.63) is 65.5 Å². The van der Waals surface area contributed by atoms with Gasteiger partial charge in [-0.05, 0) is 29.8 Å². The lowest BCUT2D eigenvalue weighted by atomic mass is 10.1. The first kappa shape index (κ1) is 12.2. The maximum Gasteiger partial charge on any atom is 0.140 e. The molecule has 90 valence electrons. The topological polar surface area (TPSA) is 46.2 Å². The molecule has 18 heavy (non-hydrogen) atoms. The summed E-state index contributed by atoms with van der Waals surface area (Å²) in [5, 5.41) is 9.83. The van der Waals surface area contributed by atoms with E-state index in [1.54, 1.807) is 12.1 Å². The van der Waals surface area contributed by atoms with Crippen molar-refractivity contribution in [1.29, 1.82) is 0 Å². The predicted molar refractivity (Wildman–Crippen MR) is 69.1 cm³/mol. The molecule has 0 saturated carbocycles. The Bertz CT molecular complexity index is 596. The number of aliphatic hydroxyl groups excluding tert-OH is 1. The third-order valence-electron chi connectivity index (χ3n) is 2.49. The lowest BCUT2D eigenvalue weighted by molar-refractivity contribution is 0.238. The third kappa shape index (κ3) is 2.88. The lowest BCUT2D eigenvalue weighted by Crippen LogP contribution is -1.94. The average molecular weight is 241 g/mol. The smallest absolute Gasteiger partial charge is 0.140 e. The van der Waals surface area contributed by atoms with E-state index < -0.39 is 6.10 Å². The van der Waals surface area contributed by atoms with E-state index in [-0.39, 0.29) is 5.82 Å². The van der Waals surface area contributed by atoms with Crippen LogP contribution >= 0.6 is 0 Å². The molecule has 3 heteroatoms. The van der Waals surface area contributed by atoms with Gasteiger partial charge in [0.1, 0.15) is 11.9 Å². The highest BCUT2D eigenvalue weighted by molar-refractivity contribution is 5.55. The van der Waals surface area contributed by atoms with Crippen molar-refractivity contribution in [3.8, 4) is 11.8 Å². The van der Waals surface area contributed by atoms with Crippen LogP contribution in [0, 0.1) is 17.7 Å². The van der Waals surface area contributed by atoms with Gasteiger partial charge in [0.25, 0.3) is 0 Å². The van der Waals surface area contributed by atoms with Crippen molar-refractivity contribution in [2.24, 2.45) is 0 Å². The Labute approximate surface area is 105 Å². The summed E-state index contributed by atoms with van der Waals surface area (Å²) >= 11 is 0. The molecule has 2 aromatic rings. The zero-order chi connectivity index (χ0) is 13.0. The van der Waals surface area contributed by atoms with Crippen LogP contribution in [0.15, 0.2) is 48.5 Å². The largest absolute Gasteiger partial charge is 0.398 e. The second-order valence-electron chi connectivity index (χ2n) is 3.81. The van der Waals surface area contributed by atoms with E-state index in [9.17, 15) is 9.50 Å². The number of anilines is 1. The molecule has 0 aliphatic rings. The van der Waals surface area contributed by atoms with Crippen molar-refractivity contribution in [1.82, 2.24) is 0 Å². The van der Waals surface area contributed by atoms with Gasteiger partial charge in [-0.25, -0.2) is 4.39 Å². The molecule has 0 saturated heterocycles. The average Bonchev–Trinajstić information content (AvgIpc) is 2.38. The first-order valence-electron chi connectivity index (χ1n) is 5.46. The molecule has 3 N–H and O–H groups in total. The summed E-state index contributed by atoms with van der Waals surface area (Å²) < 4.78 is 12.7. The van der Waals surface area contributed by atoms with Crippen LogP contribution in [0.1, 0.15) is 17.2 Å². The number of hydrogen-bond acceptors (Lipinski definition) is 2. The lowest BCUT2D eigenvalue weighted by Gasteiger charge is -2.03. The molecule has 0 fully saturated rings. The molecule has 0 heterocycles. The van der Waals surface area contributed by atoms with Crippen LogP contribution in [-0.4, -0.2) is 5.11 Å². The minimum absolute atomic E-state index is 0.341. The number of nitrogen functional groups attached to an aromatic ring is 1. The molecule has 0 aromatic heterocycles. The Hall–Kier alpha value is -2.31. The molecule has 0 spiro atoms. The molecule has 0 bridgehead atoms. The number of benzene rings is 2. The number of aliphatic hydroxyl groups is 1. The fourth-order valence-corrected chi connectivity index (χ4v) is 1.49. The molecular weight excluding hydrogens is 229 g/mol. The summed E-state index contributed by atoms with van der Waals surface area (Å²) in [5.41, 5.74) is 7.52. The van der Waals surface area contributed by atoms with E-state index in [2.05, 4.69) is 11.8 Å². The van der Waals surface area contributed by atoms with Gasteiger partial charge in [0.15, 0.2) is 0 Å². The standard InChI is InChI=1S/C15H12FNO/c16-13-8-5-12(6-9-13)15(18)10-7-11-3-1-2-4-14(11)17/h1-6,8-9,15,18H,17H2. The number of nitrogens with two attached hydrogens (primary N) is 1. The molecule has 0 aliphatic heterocycles. The van der Waals surface area contributed by atoms with Crippen molar-refractivity contribution in [3.63, 3.8) is 0 Å². The number of rotatable bonds is 1. The van der Waals surface area contributed by atoms with Crippen molar-refractivity contribution in [2.75, 3.05) is 5.73 Å². The van der Waals surface area contributed by atoms with Crippen LogP contribution in [0.4, 0.5) is 10.1 Å². The minimum Gasteiger partial charge on any atom is -0.398 e. The van der Waals surface area contributed by atoms with Crippen LogP contribution in [0.2, 0.25) is 0 Å². The SMILES string of the molecule is Nc1ccccc1C#CC(O)c1ccc(F)cc1. The Morgan fingerprint density at radius 1 is 1.06 bits per heavy atom. The number of hydrogen-bond donors (Lipinski definition) is 2. The van der Waals surface area contributed by atoms with Gasteiger partial charge in [-0.3, -0.25) is 0 Å². The first-order chi connectivity index (χ1) is 8.66. The van der Waals surface area contributed by atoms with Crippen molar-refractivity contribution >= 4 is 5.69 Å². The Morgan fingerprint density at radius 2 is 1.72 bits per heavy atom. The fraction of sp³-hybridized carbons (Fsp3) is 0.0667.